The Kier molecular flexibility index (Phi) is 4.82. The summed E-state index contributed by atoms with van der Waals surface area (Å²) in [6, 6.07) is 8.69. The largest absolute Gasteiger partial charge is 0.449 e. The van der Waals surface area contributed by atoms with Gasteiger partial charge in [0.2, 0.25) is 0 Å². The number of hydrogen-bond donors (Lipinski definition) is 1. The fraction of sp³-hybridized carbons (Fsp3) is 0.450. The third-order valence-corrected chi connectivity index (χ3v) is 6.95. The fourth-order valence-corrected chi connectivity index (χ4v) is 5.13. The van der Waals surface area contributed by atoms with E-state index in [1.165, 1.54) is 6.92 Å². The first-order valence-electron chi connectivity index (χ1n) is 9.44. The molecule has 2 heterocycles. The van der Waals surface area contributed by atoms with Crippen LogP contribution in [-0.4, -0.2) is 48.9 Å². The number of nitrogens with one attached hydrogen (secondary N) is 1. The van der Waals surface area contributed by atoms with Crippen LogP contribution < -0.4 is 5.32 Å². The van der Waals surface area contributed by atoms with Crippen molar-refractivity contribution >= 4 is 32.6 Å². The van der Waals surface area contributed by atoms with E-state index in [2.05, 4.69) is 10.3 Å². The van der Waals surface area contributed by atoms with Gasteiger partial charge in [0.05, 0.1) is 22.6 Å². The van der Waals surface area contributed by atoms with Gasteiger partial charge in [0, 0.05) is 23.0 Å². The third kappa shape index (κ3) is 4.01. The molecular formula is C20H22N2O5S. The molecule has 2 aromatic rings. The Balaban J connectivity index is 1.49. The molecule has 1 aliphatic heterocycles. The third-order valence-electron chi connectivity index (χ3n) is 5.18. The number of pyridine rings is 1. The summed E-state index contributed by atoms with van der Waals surface area (Å²) in [5, 5.41) is 3.35. The quantitative estimate of drug-likeness (QED) is 0.767. The van der Waals surface area contributed by atoms with Gasteiger partial charge >= 0.3 is 5.97 Å². The van der Waals surface area contributed by atoms with Crippen LogP contribution in [0.15, 0.2) is 30.3 Å². The normalized spacial score (nSPS) is 22.0. The number of fused-ring (bicyclic) bond motifs is 1. The summed E-state index contributed by atoms with van der Waals surface area (Å²) >= 11 is 0. The van der Waals surface area contributed by atoms with Crippen LogP contribution in [0.4, 0.5) is 0 Å². The number of benzene rings is 1. The highest BCUT2D eigenvalue weighted by molar-refractivity contribution is 7.91. The number of amides is 1. The van der Waals surface area contributed by atoms with E-state index in [0.29, 0.717) is 23.3 Å². The zero-order chi connectivity index (χ0) is 19.9. The number of aromatic nitrogens is 1. The molecule has 1 saturated heterocycles. The number of esters is 1. The second-order valence-electron chi connectivity index (χ2n) is 7.54. The fourth-order valence-electron chi connectivity index (χ4n) is 3.46. The van der Waals surface area contributed by atoms with Gasteiger partial charge in [-0.15, -0.1) is 0 Å². The summed E-state index contributed by atoms with van der Waals surface area (Å²) in [7, 11) is -3.09. The first-order valence-corrected chi connectivity index (χ1v) is 11.3. The Morgan fingerprint density at radius 2 is 1.96 bits per heavy atom. The lowest BCUT2D eigenvalue weighted by Crippen LogP contribution is -2.42. The summed E-state index contributed by atoms with van der Waals surface area (Å²) in [5.74, 6) is -0.697. The first kappa shape index (κ1) is 18.9. The van der Waals surface area contributed by atoms with E-state index in [1.54, 1.807) is 6.07 Å². The van der Waals surface area contributed by atoms with Crippen molar-refractivity contribution in [2.45, 2.75) is 44.2 Å². The number of rotatable bonds is 5. The van der Waals surface area contributed by atoms with Crippen LogP contribution in [0.2, 0.25) is 0 Å². The van der Waals surface area contributed by atoms with E-state index < -0.39 is 33.9 Å². The van der Waals surface area contributed by atoms with Crippen molar-refractivity contribution in [1.82, 2.24) is 10.3 Å². The Hall–Kier alpha value is -2.48. The number of carbonyl (C=O) groups excluding carboxylic acids is 2. The number of hydrogen-bond acceptors (Lipinski definition) is 6. The van der Waals surface area contributed by atoms with Crippen LogP contribution in [-0.2, 0) is 19.4 Å². The molecule has 0 unspecified atom stereocenters. The maximum atomic E-state index is 12.8. The minimum Gasteiger partial charge on any atom is -0.449 e. The molecule has 2 fully saturated rings. The number of ether oxygens (including phenoxy) is 1. The lowest BCUT2D eigenvalue weighted by Gasteiger charge is -2.17. The van der Waals surface area contributed by atoms with Gasteiger partial charge in [-0.25, -0.2) is 13.2 Å². The molecule has 4 rings (SSSR count). The zero-order valence-corrected chi connectivity index (χ0v) is 16.4. The summed E-state index contributed by atoms with van der Waals surface area (Å²) in [4.78, 5) is 29.7. The molecule has 0 spiro atoms. The Morgan fingerprint density at radius 3 is 2.64 bits per heavy atom. The van der Waals surface area contributed by atoms with Gasteiger partial charge in [0.25, 0.3) is 5.91 Å². The summed E-state index contributed by atoms with van der Waals surface area (Å²) in [6.07, 6.45) is 1.48. The average Bonchev–Trinajstić information content (AvgIpc) is 3.45. The van der Waals surface area contributed by atoms with Crippen molar-refractivity contribution < 1.29 is 22.7 Å². The van der Waals surface area contributed by atoms with E-state index in [1.807, 2.05) is 24.3 Å². The standard InChI is InChI=1S/C20H22N2O5S/c1-12(19(23)21-14-8-9-28(25,26)11-14)27-20(24)16-10-18(13-6-7-13)22-17-5-3-2-4-15(16)17/h2-5,10,12-14H,6-9,11H2,1H3,(H,21,23)/t12-,14+/m0/s1. The van der Waals surface area contributed by atoms with Crippen molar-refractivity contribution in [1.29, 1.82) is 0 Å². The SMILES string of the molecule is C[C@H](OC(=O)c1cc(C2CC2)nc2ccccc12)C(=O)N[C@@H]1CCS(=O)(=O)C1. The van der Waals surface area contributed by atoms with Gasteiger partial charge < -0.3 is 10.1 Å². The van der Waals surface area contributed by atoms with Gasteiger partial charge in [0.1, 0.15) is 0 Å². The highest BCUT2D eigenvalue weighted by Crippen LogP contribution is 2.40. The molecule has 1 aromatic carbocycles. The summed E-state index contributed by atoms with van der Waals surface area (Å²) < 4.78 is 28.5. The predicted octanol–water partition coefficient (Wildman–Crippen LogP) is 1.96. The molecule has 1 amide bonds. The van der Waals surface area contributed by atoms with Crippen LogP contribution in [0.5, 0.6) is 0 Å². The van der Waals surface area contributed by atoms with E-state index in [-0.39, 0.29) is 11.5 Å². The minimum atomic E-state index is -3.09. The van der Waals surface area contributed by atoms with Gasteiger partial charge in [-0.05, 0) is 38.3 Å². The molecular weight excluding hydrogens is 380 g/mol. The van der Waals surface area contributed by atoms with E-state index in [0.717, 1.165) is 24.1 Å². The van der Waals surface area contributed by atoms with E-state index >= 15 is 0 Å². The molecule has 2 atom stereocenters. The molecule has 1 N–H and O–H groups in total. The molecule has 0 radical (unpaired) electrons. The number of nitrogens with zero attached hydrogens (tertiary/aromatic N) is 1. The lowest BCUT2D eigenvalue weighted by atomic mass is 10.1. The Labute approximate surface area is 163 Å². The monoisotopic (exact) mass is 402 g/mol. The minimum absolute atomic E-state index is 0.0685. The maximum absolute atomic E-state index is 12.8. The number of para-hydroxylation sites is 1. The van der Waals surface area contributed by atoms with Crippen LogP contribution in [0.3, 0.4) is 0 Å². The van der Waals surface area contributed by atoms with Gasteiger partial charge in [0.15, 0.2) is 15.9 Å². The van der Waals surface area contributed by atoms with Crippen molar-refractivity contribution in [3.05, 3.63) is 41.6 Å². The predicted molar refractivity (Wildman–Crippen MR) is 104 cm³/mol. The van der Waals surface area contributed by atoms with Crippen LogP contribution in [0.1, 0.15) is 48.2 Å². The Bertz CT molecular complexity index is 1050. The average molecular weight is 402 g/mol. The van der Waals surface area contributed by atoms with Crippen molar-refractivity contribution in [3.8, 4) is 0 Å². The van der Waals surface area contributed by atoms with Crippen molar-refractivity contribution in [3.63, 3.8) is 0 Å². The molecule has 8 heteroatoms. The highest BCUT2D eigenvalue weighted by Gasteiger charge is 2.31. The zero-order valence-electron chi connectivity index (χ0n) is 15.6. The second kappa shape index (κ2) is 7.16. The van der Waals surface area contributed by atoms with Crippen LogP contribution in [0, 0.1) is 0 Å². The molecule has 148 valence electrons. The first-order chi connectivity index (χ1) is 13.3. The van der Waals surface area contributed by atoms with Gasteiger partial charge in [-0.2, -0.15) is 0 Å². The molecule has 2 aliphatic rings. The van der Waals surface area contributed by atoms with Crippen molar-refractivity contribution in [2.75, 3.05) is 11.5 Å². The highest BCUT2D eigenvalue weighted by atomic mass is 32.2. The molecule has 0 bridgehead atoms. The molecule has 1 saturated carbocycles. The summed E-state index contributed by atoms with van der Waals surface area (Å²) in [5.41, 5.74) is 2.00. The van der Waals surface area contributed by atoms with E-state index in [9.17, 15) is 18.0 Å². The topological polar surface area (TPSA) is 102 Å². The number of sulfone groups is 1. The second-order valence-corrected chi connectivity index (χ2v) is 9.77. The van der Waals surface area contributed by atoms with Crippen LogP contribution >= 0.6 is 0 Å². The van der Waals surface area contributed by atoms with Gasteiger partial charge in [-0.3, -0.25) is 9.78 Å². The summed E-state index contributed by atoms with van der Waals surface area (Å²) in [6.45, 7) is 1.49. The lowest BCUT2D eigenvalue weighted by molar-refractivity contribution is -0.129. The van der Waals surface area contributed by atoms with Crippen molar-refractivity contribution in [2.24, 2.45) is 0 Å². The molecule has 1 aliphatic carbocycles. The van der Waals surface area contributed by atoms with E-state index in [4.69, 9.17) is 4.74 Å². The smallest absolute Gasteiger partial charge is 0.339 e. The Morgan fingerprint density at radius 1 is 1.21 bits per heavy atom. The van der Waals surface area contributed by atoms with Crippen LogP contribution in [0.25, 0.3) is 10.9 Å². The number of carbonyl (C=O) groups is 2. The maximum Gasteiger partial charge on any atom is 0.339 e. The molecule has 7 nitrogen and oxygen atoms in total. The molecule has 28 heavy (non-hydrogen) atoms. The van der Waals surface area contributed by atoms with Gasteiger partial charge in [-0.1, -0.05) is 18.2 Å². The molecule has 1 aromatic heterocycles.